The van der Waals surface area contributed by atoms with Gasteiger partial charge in [0.2, 0.25) is 11.8 Å². The maximum atomic E-state index is 12.1. The van der Waals surface area contributed by atoms with Crippen LogP contribution in [0.3, 0.4) is 0 Å². The summed E-state index contributed by atoms with van der Waals surface area (Å²) in [6.45, 7) is 7.01. The Hall–Kier alpha value is -1.85. The van der Waals surface area contributed by atoms with Gasteiger partial charge in [-0.3, -0.25) is 9.59 Å². The number of anilines is 1. The first-order valence-electron chi connectivity index (χ1n) is 5.95. The first kappa shape index (κ1) is 14.2. The van der Waals surface area contributed by atoms with Gasteiger partial charge in [-0.05, 0) is 12.8 Å². The van der Waals surface area contributed by atoms with Crippen LogP contribution in [0.5, 0.6) is 0 Å². The van der Waals surface area contributed by atoms with Gasteiger partial charge in [-0.25, -0.2) is 0 Å². The lowest BCUT2D eigenvalue weighted by Gasteiger charge is -2.22. The van der Waals surface area contributed by atoms with Crippen molar-refractivity contribution < 1.29 is 14.1 Å². The number of amides is 2. The number of carbonyl (C=O) groups excluding carboxylic acids is 2. The summed E-state index contributed by atoms with van der Waals surface area (Å²) in [4.78, 5) is 23.2. The van der Waals surface area contributed by atoms with Crippen LogP contribution < -0.4 is 10.6 Å². The Morgan fingerprint density at radius 1 is 1.50 bits per heavy atom. The molecule has 0 saturated carbocycles. The Balaban J connectivity index is 2.72. The van der Waals surface area contributed by atoms with Gasteiger partial charge < -0.3 is 15.2 Å². The molecule has 2 atom stereocenters. The molecule has 0 spiro atoms. The minimum absolute atomic E-state index is 0.0434. The fraction of sp³-hybridized carbons (Fsp3) is 0.583. The number of nitrogens with zero attached hydrogens (tertiary/aromatic N) is 1. The molecule has 1 unspecified atom stereocenters. The summed E-state index contributed by atoms with van der Waals surface area (Å²) in [6, 6.07) is 1.06. The molecule has 0 aliphatic carbocycles. The minimum atomic E-state index is -0.565. The summed E-state index contributed by atoms with van der Waals surface area (Å²) in [7, 11) is 0. The first-order valence-corrected chi connectivity index (χ1v) is 5.95. The van der Waals surface area contributed by atoms with Crippen molar-refractivity contribution in [3.8, 4) is 0 Å². The third kappa shape index (κ3) is 3.87. The average molecular weight is 253 g/mol. The van der Waals surface area contributed by atoms with E-state index in [4.69, 9.17) is 4.52 Å². The maximum Gasteiger partial charge on any atom is 0.248 e. The smallest absolute Gasteiger partial charge is 0.248 e. The Kier molecular flexibility index (Phi) is 4.88. The molecule has 18 heavy (non-hydrogen) atoms. The van der Waals surface area contributed by atoms with Crippen LogP contribution in [-0.2, 0) is 9.59 Å². The third-order valence-corrected chi connectivity index (χ3v) is 2.73. The van der Waals surface area contributed by atoms with Gasteiger partial charge in [0, 0.05) is 13.0 Å². The van der Waals surface area contributed by atoms with E-state index in [9.17, 15) is 9.59 Å². The molecule has 100 valence electrons. The topological polar surface area (TPSA) is 84.2 Å². The highest BCUT2D eigenvalue weighted by Crippen LogP contribution is 2.12. The maximum absolute atomic E-state index is 12.1. The number of hydrogen-bond donors (Lipinski definition) is 2. The zero-order valence-corrected chi connectivity index (χ0v) is 11.1. The fourth-order valence-electron chi connectivity index (χ4n) is 1.55. The van der Waals surface area contributed by atoms with E-state index >= 15 is 0 Å². The summed E-state index contributed by atoms with van der Waals surface area (Å²) in [6.07, 6.45) is 0.788. The highest BCUT2D eigenvalue weighted by Gasteiger charge is 2.25. The molecule has 1 rings (SSSR count). The molecule has 1 heterocycles. The van der Waals surface area contributed by atoms with Gasteiger partial charge in [-0.15, -0.1) is 0 Å². The van der Waals surface area contributed by atoms with Crippen molar-refractivity contribution in [3.05, 3.63) is 11.8 Å². The monoisotopic (exact) mass is 253 g/mol. The van der Waals surface area contributed by atoms with Gasteiger partial charge >= 0.3 is 0 Å². The van der Waals surface area contributed by atoms with E-state index in [2.05, 4.69) is 15.8 Å². The van der Waals surface area contributed by atoms with Crippen LogP contribution in [0.15, 0.2) is 10.6 Å². The van der Waals surface area contributed by atoms with E-state index in [-0.39, 0.29) is 17.7 Å². The van der Waals surface area contributed by atoms with Gasteiger partial charge in [0.15, 0.2) is 5.82 Å². The molecule has 0 saturated heterocycles. The minimum Gasteiger partial charge on any atom is -0.360 e. The molecule has 0 fully saturated rings. The summed E-state index contributed by atoms with van der Waals surface area (Å²) in [5, 5.41) is 8.96. The van der Waals surface area contributed by atoms with Crippen molar-refractivity contribution in [1.82, 2.24) is 10.5 Å². The summed E-state index contributed by atoms with van der Waals surface area (Å²) in [5.41, 5.74) is 0. The van der Waals surface area contributed by atoms with E-state index in [1.54, 1.807) is 13.0 Å². The van der Waals surface area contributed by atoms with Crippen molar-refractivity contribution in [2.24, 2.45) is 5.92 Å². The Bertz CT molecular complexity index is 428. The SMILES string of the molecule is CCC(C)[C@H](NC(C)=O)C(=O)Nc1cc(C)on1. The van der Waals surface area contributed by atoms with Crippen molar-refractivity contribution >= 4 is 17.6 Å². The number of aryl methyl sites for hydroxylation is 1. The van der Waals surface area contributed by atoms with Crippen LogP contribution in [0, 0.1) is 12.8 Å². The molecule has 2 amide bonds. The quantitative estimate of drug-likeness (QED) is 0.832. The second-order valence-corrected chi connectivity index (χ2v) is 4.38. The van der Waals surface area contributed by atoms with Gasteiger partial charge in [-0.2, -0.15) is 0 Å². The Morgan fingerprint density at radius 3 is 2.61 bits per heavy atom. The zero-order chi connectivity index (χ0) is 13.7. The molecule has 6 heteroatoms. The van der Waals surface area contributed by atoms with E-state index in [0.29, 0.717) is 11.6 Å². The lowest BCUT2D eigenvalue weighted by Crippen LogP contribution is -2.47. The fourth-order valence-corrected chi connectivity index (χ4v) is 1.55. The van der Waals surface area contributed by atoms with Crippen molar-refractivity contribution in [3.63, 3.8) is 0 Å². The van der Waals surface area contributed by atoms with Crippen LogP contribution in [0.1, 0.15) is 33.0 Å². The largest absolute Gasteiger partial charge is 0.360 e. The second-order valence-electron chi connectivity index (χ2n) is 4.38. The highest BCUT2D eigenvalue weighted by molar-refractivity contribution is 5.96. The standard InChI is InChI=1S/C12H19N3O3/c1-5-7(2)11(13-9(4)16)12(17)14-10-6-8(3)18-15-10/h6-7,11H,5H2,1-4H3,(H,13,16)(H,14,15,17)/t7?,11-/m0/s1. The van der Waals surface area contributed by atoms with Crippen LogP contribution >= 0.6 is 0 Å². The van der Waals surface area contributed by atoms with E-state index in [1.807, 2.05) is 13.8 Å². The lowest BCUT2D eigenvalue weighted by atomic mass is 9.98. The van der Waals surface area contributed by atoms with E-state index in [1.165, 1.54) is 6.92 Å². The van der Waals surface area contributed by atoms with Crippen LogP contribution in [0.25, 0.3) is 0 Å². The Labute approximate surface area is 106 Å². The Morgan fingerprint density at radius 2 is 2.17 bits per heavy atom. The number of aromatic nitrogens is 1. The second kappa shape index (κ2) is 6.18. The summed E-state index contributed by atoms with van der Waals surface area (Å²) >= 11 is 0. The van der Waals surface area contributed by atoms with Crippen LogP contribution in [0.2, 0.25) is 0 Å². The van der Waals surface area contributed by atoms with Crippen molar-refractivity contribution in [1.29, 1.82) is 0 Å². The molecule has 0 aliphatic heterocycles. The first-order chi connectivity index (χ1) is 8.43. The molecule has 0 aliphatic rings. The van der Waals surface area contributed by atoms with Crippen LogP contribution in [-0.4, -0.2) is 23.0 Å². The highest BCUT2D eigenvalue weighted by atomic mass is 16.5. The molecule has 0 radical (unpaired) electrons. The molecule has 1 aromatic rings. The van der Waals surface area contributed by atoms with E-state index in [0.717, 1.165) is 6.42 Å². The number of hydrogen-bond acceptors (Lipinski definition) is 4. The van der Waals surface area contributed by atoms with Gasteiger partial charge in [-0.1, -0.05) is 25.4 Å². The molecular weight excluding hydrogens is 234 g/mol. The number of rotatable bonds is 5. The lowest BCUT2D eigenvalue weighted by molar-refractivity contribution is -0.126. The molecule has 0 bridgehead atoms. The van der Waals surface area contributed by atoms with E-state index < -0.39 is 6.04 Å². The van der Waals surface area contributed by atoms with Gasteiger partial charge in [0.05, 0.1) is 0 Å². The van der Waals surface area contributed by atoms with Crippen molar-refractivity contribution in [2.45, 2.75) is 40.2 Å². The normalized spacial score (nSPS) is 13.8. The predicted molar refractivity (Wildman–Crippen MR) is 66.9 cm³/mol. The molecule has 1 aromatic heterocycles. The van der Waals surface area contributed by atoms with Crippen LogP contribution in [0.4, 0.5) is 5.82 Å². The van der Waals surface area contributed by atoms with Gasteiger partial charge in [0.1, 0.15) is 11.8 Å². The molecule has 0 aromatic carbocycles. The third-order valence-electron chi connectivity index (χ3n) is 2.73. The molecule has 6 nitrogen and oxygen atoms in total. The predicted octanol–water partition coefficient (Wildman–Crippen LogP) is 1.47. The molecule has 2 N–H and O–H groups in total. The summed E-state index contributed by atoms with van der Waals surface area (Å²) in [5.74, 6) is 0.502. The van der Waals surface area contributed by atoms with Gasteiger partial charge in [0.25, 0.3) is 0 Å². The number of nitrogens with one attached hydrogen (secondary N) is 2. The molecular formula is C12H19N3O3. The zero-order valence-electron chi connectivity index (χ0n) is 11.1. The summed E-state index contributed by atoms with van der Waals surface area (Å²) < 4.78 is 4.86. The van der Waals surface area contributed by atoms with Crippen molar-refractivity contribution in [2.75, 3.05) is 5.32 Å². The number of carbonyl (C=O) groups is 2. The average Bonchev–Trinajstić information content (AvgIpc) is 2.70.